The van der Waals surface area contributed by atoms with Gasteiger partial charge in [0.25, 0.3) is 0 Å². The van der Waals surface area contributed by atoms with Gasteiger partial charge in [0.15, 0.2) is 0 Å². The first-order chi connectivity index (χ1) is 12.8. The number of amides is 2. The quantitative estimate of drug-likeness (QED) is 0.863. The van der Waals surface area contributed by atoms with Crippen molar-refractivity contribution in [1.82, 2.24) is 9.80 Å². The van der Waals surface area contributed by atoms with Crippen LogP contribution in [0.2, 0.25) is 0 Å². The summed E-state index contributed by atoms with van der Waals surface area (Å²) >= 11 is 0. The fourth-order valence-electron chi connectivity index (χ4n) is 3.09. The first-order valence-electron chi connectivity index (χ1n) is 8.83. The number of benzene rings is 2. The fourth-order valence-corrected chi connectivity index (χ4v) is 3.09. The summed E-state index contributed by atoms with van der Waals surface area (Å²) < 4.78 is 39.2. The van der Waals surface area contributed by atoms with Gasteiger partial charge in [0.1, 0.15) is 0 Å². The van der Waals surface area contributed by atoms with Crippen molar-refractivity contribution in [2.45, 2.75) is 19.6 Å². The van der Waals surface area contributed by atoms with Crippen molar-refractivity contribution < 1.29 is 18.0 Å². The molecule has 1 aliphatic heterocycles. The number of anilines is 1. The number of nitrogens with zero attached hydrogens (tertiary/aromatic N) is 2. The van der Waals surface area contributed by atoms with E-state index in [9.17, 15) is 18.0 Å². The smallest absolute Gasteiger partial charge is 0.322 e. The molecule has 0 aliphatic carbocycles. The molecule has 7 heteroatoms. The van der Waals surface area contributed by atoms with Gasteiger partial charge in [0.2, 0.25) is 0 Å². The maximum absolute atomic E-state index is 13.1. The van der Waals surface area contributed by atoms with E-state index in [2.05, 4.69) is 34.5 Å². The van der Waals surface area contributed by atoms with Crippen molar-refractivity contribution in [2.24, 2.45) is 0 Å². The van der Waals surface area contributed by atoms with E-state index >= 15 is 0 Å². The van der Waals surface area contributed by atoms with Gasteiger partial charge in [-0.2, -0.15) is 13.2 Å². The number of carbonyl (C=O) groups is 1. The third-order valence-electron chi connectivity index (χ3n) is 4.66. The van der Waals surface area contributed by atoms with Crippen LogP contribution in [-0.4, -0.2) is 42.0 Å². The van der Waals surface area contributed by atoms with E-state index in [1.165, 1.54) is 29.3 Å². The number of halogens is 3. The fraction of sp³-hybridized carbons (Fsp3) is 0.350. The van der Waals surface area contributed by atoms with E-state index in [1.54, 1.807) is 4.90 Å². The molecule has 144 valence electrons. The number of para-hydroxylation sites is 1. The predicted molar refractivity (Wildman–Crippen MR) is 98.5 cm³/mol. The standard InChI is InChI=1S/C20H22F3N3O/c1-15-6-8-16(9-7-15)14-25-10-12-26(13-11-25)19(27)24-18-5-3-2-4-17(18)20(21,22)23/h2-9H,10-14H2,1H3,(H,24,27). The van der Waals surface area contributed by atoms with Gasteiger partial charge < -0.3 is 10.2 Å². The Morgan fingerprint density at radius 2 is 1.63 bits per heavy atom. The zero-order chi connectivity index (χ0) is 19.4. The molecule has 2 aromatic carbocycles. The molecule has 2 amide bonds. The lowest BCUT2D eigenvalue weighted by Crippen LogP contribution is -2.49. The van der Waals surface area contributed by atoms with Crippen LogP contribution >= 0.6 is 0 Å². The summed E-state index contributed by atoms with van der Waals surface area (Å²) in [5.41, 5.74) is 1.37. The molecule has 27 heavy (non-hydrogen) atoms. The van der Waals surface area contributed by atoms with E-state index in [0.717, 1.165) is 12.6 Å². The summed E-state index contributed by atoms with van der Waals surface area (Å²) in [5, 5.41) is 2.41. The Morgan fingerprint density at radius 3 is 2.26 bits per heavy atom. The summed E-state index contributed by atoms with van der Waals surface area (Å²) in [6.07, 6.45) is -4.50. The molecule has 0 aromatic heterocycles. The third-order valence-corrected chi connectivity index (χ3v) is 4.66. The molecule has 0 radical (unpaired) electrons. The summed E-state index contributed by atoms with van der Waals surface area (Å²) in [5.74, 6) is 0. The van der Waals surface area contributed by atoms with E-state index in [4.69, 9.17) is 0 Å². The van der Waals surface area contributed by atoms with Gasteiger partial charge in [-0.25, -0.2) is 4.79 Å². The molecular formula is C20H22F3N3O. The molecule has 0 atom stereocenters. The van der Waals surface area contributed by atoms with E-state index in [-0.39, 0.29) is 5.69 Å². The number of alkyl halides is 3. The molecule has 1 fully saturated rings. The molecule has 3 rings (SSSR count). The molecule has 0 saturated carbocycles. The maximum Gasteiger partial charge on any atom is 0.418 e. The highest BCUT2D eigenvalue weighted by molar-refractivity contribution is 5.90. The number of hydrogen-bond acceptors (Lipinski definition) is 2. The van der Waals surface area contributed by atoms with Gasteiger partial charge in [0.05, 0.1) is 11.3 Å². The number of urea groups is 1. The maximum atomic E-state index is 13.1. The van der Waals surface area contributed by atoms with Crippen molar-refractivity contribution in [3.05, 3.63) is 65.2 Å². The second-order valence-corrected chi connectivity index (χ2v) is 6.72. The molecule has 1 N–H and O–H groups in total. The average Bonchev–Trinajstić information content (AvgIpc) is 2.64. The first-order valence-corrected chi connectivity index (χ1v) is 8.83. The Kier molecular flexibility index (Phi) is 5.70. The average molecular weight is 377 g/mol. The van der Waals surface area contributed by atoms with Crippen molar-refractivity contribution in [1.29, 1.82) is 0 Å². The molecule has 0 bridgehead atoms. The summed E-state index contributed by atoms with van der Waals surface area (Å²) in [6.45, 7) is 5.16. The number of hydrogen-bond donors (Lipinski definition) is 1. The Labute approximate surface area is 156 Å². The number of piperazine rings is 1. The van der Waals surface area contributed by atoms with Crippen molar-refractivity contribution >= 4 is 11.7 Å². The van der Waals surface area contributed by atoms with Gasteiger partial charge in [-0.15, -0.1) is 0 Å². The van der Waals surface area contributed by atoms with Gasteiger partial charge in [-0.1, -0.05) is 42.0 Å². The molecule has 1 heterocycles. The second-order valence-electron chi connectivity index (χ2n) is 6.72. The van der Waals surface area contributed by atoms with Crippen LogP contribution < -0.4 is 5.32 Å². The largest absolute Gasteiger partial charge is 0.418 e. The van der Waals surface area contributed by atoms with Crippen LogP contribution in [0.25, 0.3) is 0 Å². The van der Waals surface area contributed by atoms with Gasteiger partial charge in [-0.05, 0) is 24.6 Å². The Balaban J connectivity index is 1.55. The minimum Gasteiger partial charge on any atom is -0.322 e. The number of carbonyl (C=O) groups excluding carboxylic acids is 1. The topological polar surface area (TPSA) is 35.6 Å². The van der Waals surface area contributed by atoms with Crippen LogP contribution in [0.15, 0.2) is 48.5 Å². The molecule has 1 saturated heterocycles. The van der Waals surface area contributed by atoms with Crippen LogP contribution in [-0.2, 0) is 12.7 Å². The zero-order valence-corrected chi connectivity index (χ0v) is 15.1. The van der Waals surface area contributed by atoms with Crippen LogP contribution in [0, 0.1) is 6.92 Å². The van der Waals surface area contributed by atoms with Gasteiger partial charge in [0, 0.05) is 32.7 Å². The van der Waals surface area contributed by atoms with Gasteiger partial charge >= 0.3 is 12.2 Å². The Morgan fingerprint density at radius 1 is 1.00 bits per heavy atom. The van der Waals surface area contributed by atoms with Crippen LogP contribution in [0.3, 0.4) is 0 Å². The van der Waals surface area contributed by atoms with E-state index in [1.807, 2.05) is 6.92 Å². The first kappa shape index (κ1) is 19.2. The van der Waals surface area contributed by atoms with Crippen LogP contribution in [0.4, 0.5) is 23.7 Å². The number of aryl methyl sites for hydroxylation is 1. The SMILES string of the molecule is Cc1ccc(CN2CCN(C(=O)Nc3ccccc3C(F)(F)F)CC2)cc1. The van der Waals surface area contributed by atoms with Crippen molar-refractivity contribution in [3.8, 4) is 0 Å². The number of rotatable bonds is 3. The molecular weight excluding hydrogens is 355 g/mol. The minimum atomic E-state index is -4.50. The van der Waals surface area contributed by atoms with Gasteiger partial charge in [-0.3, -0.25) is 4.90 Å². The van der Waals surface area contributed by atoms with Crippen LogP contribution in [0.5, 0.6) is 0 Å². The summed E-state index contributed by atoms with van der Waals surface area (Å²) in [7, 11) is 0. The third kappa shape index (κ3) is 5.01. The highest BCUT2D eigenvalue weighted by Gasteiger charge is 2.34. The summed E-state index contributed by atoms with van der Waals surface area (Å²) in [6, 6.07) is 12.8. The Bertz CT molecular complexity index is 782. The molecule has 0 unspecified atom stereocenters. The second kappa shape index (κ2) is 8.00. The lowest BCUT2D eigenvalue weighted by molar-refractivity contribution is -0.136. The molecule has 0 spiro atoms. The highest BCUT2D eigenvalue weighted by Crippen LogP contribution is 2.34. The monoisotopic (exact) mass is 377 g/mol. The zero-order valence-electron chi connectivity index (χ0n) is 15.1. The number of nitrogens with one attached hydrogen (secondary N) is 1. The normalized spacial score (nSPS) is 15.6. The predicted octanol–water partition coefficient (Wildman–Crippen LogP) is 4.36. The lowest BCUT2D eigenvalue weighted by Gasteiger charge is -2.34. The van der Waals surface area contributed by atoms with Crippen molar-refractivity contribution in [3.63, 3.8) is 0 Å². The highest BCUT2D eigenvalue weighted by atomic mass is 19.4. The van der Waals surface area contributed by atoms with E-state index in [0.29, 0.717) is 26.2 Å². The summed E-state index contributed by atoms with van der Waals surface area (Å²) in [4.78, 5) is 16.2. The molecule has 1 aliphatic rings. The molecule has 4 nitrogen and oxygen atoms in total. The van der Waals surface area contributed by atoms with Crippen LogP contribution in [0.1, 0.15) is 16.7 Å². The Hall–Kier alpha value is -2.54. The lowest BCUT2D eigenvalue weighted by atomic mass is 10.1. The van der Waals surface area contributed by atoms with Crippen molar-refractivity contribution in [2.75, 3.05) is 31.5 Å². The van der Waals surface area contributed by atoms with E-state index < -0.39 is 17.8 Å². The minimum absolute atomic E-state index is 0.211. The molecule has 2 aromatic rings.